The molecular formula is C13H27NO2. The Hall–Kier alpha value is -0.120. The molecule has 3 heteroatoms. The second-order valence-corrected chi connectivity index (χ2v) is 5.42. The highest BCUT2D eigenvalue weighted by Crippen LogP contribution is 2.09. The zero-order chi connectivity index (χ0) is 12.0. The average Bonchev–Trinajstić information content (AvgIpc) is 2.65. The van der Waals surface area contributed by atoms with Gasteiger partial charge in [0.25, 0.3) is 0 Å². The van der Waals surface area contributed by atoms with Gasteiger partial charge in [-0.15, -0.1) is 0 Å². The monoisotopic (exact) mass is 229 g/mol. The van der Waals surface area contributed by atoms with Crippen molar-refractivity contribution >= 4 is 0 Å². The van der Waals surface area contributed by atoms with Crippen molar-refractivity contribution in [1.82, 2.24) is 5.32 Å². The van der Waals surface area contributed by atoms with E-state index in [-0.39, 0.29) is 0 Å². The molecule has 1 heterocycles. The van der Waals surface area contributed by atoms with E-state index in [4.69, 9.17) is 9.47 Å². The van der Waals surface area contributed by atoms with E-state index >= 15 is 0 Å². The van der Waals surface area contributed by atoms with Crippen LogP contribution in [0.2, 0.25) is 0 Å². The molecule has 3 atom stereocenters. The van der Waals surface area contributed by atoms with Gasteiger partial charge in [0.05, 0.1) is 19.3 Å². The summed E-state index contributed by atoms with van der Waals surface area (Å²) in [5.74, 6) is 0.749. The van der Waals surface area contributed by atoms with Gasteiger partial charge in [0.2, 0.25) is 0 Å². The lowest BCUT2D eigenvalue weighted by Crippen LogP contribution is -2.39. The van der Waals surface area contributed by atoms with Crippen LogP contribution in [0.3, 0.4) is 0 Å². The van der Waals surface area contributed by atoms with Gasteiger partial charge in [0, 0.05) is 18.7 Å². The van der Waals surface area contributed by atoms with E-state index < -0.39 is 0 Å². The molecule has 0 amide bonds. The molecule has 0 radical (unpaired) electrons. The normalized spacial score (nSPS) is 24.9. The van der Waals surface area contributed by atoms with Gasteiger partial charge < -0.3 is 14.8 Å². The quantitative estimate of drug-likeness (QED) is 0.726. The minimum Gasteiger partial charge on any atom is -0.379 e. The van der Waals surface area contributed by atoms with Gasteiger partial charge in [-0.1, -0.05) is 13.8 Å². The molecule has 0 aromatic heterocycles. The molecule has 1 aliphatic heterocycles. The third kappa shape index (κ3) is 5.83. The lowest BCUT2D eigenvalue weighted by atomic mass is 10.0. The maximum atomic E-state index is 5.78. The van der Waals surface area contributed by atoms with Crippen LogP contribution in [0.5, 0.6) is 0 Å². The molecule has 96 valence electrons. The standard InChI is InChI=1S/C13H27NO2/c1-10(2)7-11(3)14-12(4)8-16-13-5-6-15-9-13/h10-14H,5-9H2,1-4H3. The van der Waals surface area contributed by atoms with Gasteiger partial charge in [0.1, 0.15) is 0 Å². The fourth-order valence-corrected chi connectivity index (χ4v) is 2.23. The van der Waals surface area contributed by atoms with Crippen LogP contribution in [0, 0.1) is 5.92 Å². The van der Waals surface area contributed by atoms with Gasteiger partial charge in [-0.2, -0.15) is 0 Å². The molecule has 3 unspecified atom stereocenters. The molecule has 0 bridgehead atoms. The Kier molecular flexibility index (Phi) is 6.32. The van der Waals surface area contributed by atoms with Crippen molar-refractivity contribution in [2.45, 2.75) is 58.7 Å². The average molecular weight is 229 g/mol. The predicted molar refractivity (Wildman–Crippen MR) is 66.7 cm³/mol. The Morgan fingerprint density at radius 3 is 2.56 bits per heavy atom. The van der Waals surface area contributed by atoms with Crippen molar-refractivity contribution in [3.05, 3.63) is 0 Å². The minimum absolute atomic E-state index is 0.324. The van der Waals surface area contributed by atoms with Crippen LogP contribution in [0.15, 0.2) is 0 Å². The second kappa shape index (κ2) is 7.25. The first-order valence-corrected chi connectivity index (χ1v) is 6.53. The van der Waals surface area contributed by atoms with Crippen LogP contribution in [0.4, 0.5) is 0 Å². The first-order chi connectivity index (χ1) is 7.58. The summed E-state index contributed by atoms with van der Waals surface area (Å²) >= 11 is 0. The summed E-state index contributed by atoms with van der Waals surface area (Å²) in [4.78, 5) is 0. The summed E-state index contributed by atoms with van der Waals surface area (Å²) in [6, 6.07) is 0.993. The third-order valence-electron chi connectivity index (χ3n) is 2.86. The van der Waals surface area contributed by atoms with Crippen molar-refractivity contribution < 1.29 is 9.47 Å². The molecular weight excluding hydrogens is 202 g/mol. The molecule has 1 fully saturated rings. The first-order valence-electron chi connectivity index (χ1n) is 6.53. The highest BCUT2D eigenvalue weighted by molar-refractivity contribution is 4.70. The molecule has 0 aromatic carbocycles. The van der Waals surface area contributed by atoms with Crippen LogP contribution < -0.4 is 5.32 Å². The summed E-state index contributed by atoms with van der Waals surface area (Å²) in [7, 11) is 0. The van der Waals surface area contributed by atoms with Crippen molar-refractivity contribution in [1.29, 1.82) is 0 Å². The molecule has 1 N–H and O–H groups in total. The summed E-state index contributed by atoms with van der Waals surface area (Å²) in [5.41, 5.74) is 0. The number of rotatable bonds is 7. The molecule has 3 nitrogen and oxygen atoms in total. The molecule has 0 aromatic rings. The summed E-state index contributed by atoms with van der Waals surface area (Å²) < 4.78 is 11.1. The van der Waals surface area contributed by atoms with E-state index in [2.05, 4.69) is 33.0 Å². The number of hydrogen-bond acceptors (Lipinski definition) is 3. The van der Waals surface area contributed by atoms with Crippen LogP contribution in [0.25, 0.3) is 0 Å². The van der Waals surface area contributed by atoms with Crippen LogP contribution in [-0.4, -0.2) is 38.0 Å². The predicted octanol–water partition coefficient (Wildman–Crippen LogP) is 2.20. The first kappa shape index (κ1) is 13.9. The van der Waals surface area contributed by atoms with Gasteiger partial charge in [-0.3, -0.25) is 0 Å². The summed E-state index contributed by atoms with van der Waals surface area (Å²) in [5, 5.41) is 3.57. The van der Waals surface area contributed by atoms with E-state index in [1.807, 2.05) is 0 Å². The largest absolute Gasteiger partial charge is 0.379 e. The third-order valence-corrected chi connectivity index (χ3v) is 2.86. The summed E-state index contributed by atoms with van der Waals surface area (Å²) in [6.07, 6.45) is 2.59. The van der Waals surface area contributed by atoms with Crippen LogP contribution >= 0.6 is 0 Å². The molecule has 1 rings (SSSR count). The van der Waals surface area contributed by atoms with Gasteiger partial charge in [0.15, 0.2) is 0 Å². The molecule has 0 saturated carbocycles. The van der Waals surface area contributed by atoms with E-state index in [1.165, 1.54) is 6.42 Å². The minimum atomic E-state index is 0.324. The fourth-order valence-electron chi connectivity index (χ4n) is 2.23. The Morgan fingerprint density at radius 1 is 1.25 bits per heavy atom. The Balaban J connectivity index is 2.07. The Morgan fingerprint density at radius 2 is 2.00 bits per heavy atom. The van der Waals surface area contributed by atoms with Gasteiger partial charge in [-0.05, 0) is 32.6 Å². The van der Waals surface area contributed by atoms with Gasteiger partial charge in [-0.25, -0.2) is 0 Å². The van der Waals surface area contributed by atoms with Crippen molar-refractivity contribution in [2.75, 3.05) is 19.8 Å². The molecule has 1 aliphatic rings. The zero-order valence-corrected chi connectivity index (χ0v) is 11.2. The SMILES string of the molecule is CC(C)CC(C)NC(C)COC1CCOC1. The van der Waals surface area contributed by atoms with E-state index in [0.717, 1.165) is 32.2 Å². The Bertz CT molecular complexity index is 179. The zero-order valence-electron chi connectivity index (χ0n) is 11.2. The number of nitrogens with one attached hydrogen (secondary N) is 1. The smallest absolute Gasteiger partial charge is 0.0831 e. The highest BCUT2D eigenvalue weighted by Gasteiger charge is 2.17. The lowest BCUT2D eigenvalue weighted by molar-refractivity contribution is 0.0308. The molecule has 0 spiro atoms. The van der Waals surface area contributed by atoms with E-state index in [1.54, 1.807) is 0 Å². The second-order valence-electron chi connectivity index (χ2n) is 5.42. The van der Waals surface area contributed by atoms with Crippen LogP contribution in [0.1, 0.15) is 40.5 Å². The molecule has 1 saturated heterocycles. The Labute approximate surface area is 99.9 Å². The lowest BCUT2D eigenvalue weighted by Gasteiger charge is -2.22. The maximum absolute atomic E-state index is 5.78. The molecule has 0 aliphatic carbocycles. The molecule has 16 heavy (non-hydrogen) atoms. The number of ether oxygens (including phenoxy) is 2. The fraction of sp³-hybridized carbons (Fsp3) is 1.00. The number of hydrogen-bond donors (Lipinski definition) is 1. The topological polar surface area (TPSA) is 30.5 Å². The van der Waals surface area contributed by atoms with E-state index in [9.17, 15) is 0 Å². The highest BCUT2D eigenvalue weighted by atomic mass is 16.5. The van der Waals surface area contributed by atoms with Crippen molar-refractivity contribution in [3.63, 3.8) is 0 Å². The summed E-state index contributed by atoms with van der Waals surface area (Å²) in [6.45, 7) is 11.4. The van der Waals surface area contributed by atoms with Crippen LogP contribution in [-0.2, 0) is 9.47 Å². The van der Waals surface area contributed by atoms with Crippen molar-refractivity contribution in [3.8, 4) is 0 Å². The van der Waals surface area contributed by atoms with E-state index in [0.29, 0.717) is 18.2 Å². The van der Waals surface area contributed by atoms with Gasteiger partial charge >= 0.3 is 0 Å². The van der Waals surface area contributed by atoms with Crippen molar-refractivity contribution in [2.24, 2.45) is 5.92 Å². The maximum Gasteiger partial charge on any atom is 0.0831 e.